The van der Waals surface area contributed by atoms with Crippen LogP contribution in [0.4, 0.5) is 0 Å². The minimum absolute atomic E-state index is 0.318. The van der Waals surface area contributed by atoms with E-state index >= 15 is 0 Å². The molecular formula is C11H10N4O2S. The van der Waals surface area contributed by atoms with Crippen molar-refractivity contribution in [1.29, 1.82) is 0 Å². The Labute approximate surface area is 105 Å². The molecular weight excluding hydrogens is 252 g/mol. The Bertz CT molecular complexity index is 852. The normalized spacial score (nSPS) is 11.2. The Hall–Kier alpha value is -2.15. The molecule has 3 aromatic heterocycles. The van der Waals surface area contributed by atoms with E-state index in [2.05, 4.69) is 15.0 Å². The number of thiophene rings is 1. The Morgan fingerprint density at radius 3 is 2.72 bits per heavy atom. The summed E-state index contributed by atoms with van der Waals surface area (Å²) in [4.78, 5) is 34.7. The van der Waals surface area contributed by atoms with Gasteiger partial charge in [-0.3, -0.25) is 14.3 Å². The maximum absolute atomic E-state index is 11.7. The summed E-state index contributed by atoms with van der Waals surface area (Å²) in [7, 11) is 1.57. The molecule has 2 N–H and O–H groups in total. The standard InChI is InChI=1S/C11H10N4O2S/c1-5-3-4-6(18-5)8-12-7-9(13-8)15(2)11(17)14-10(7)16/h3-4H,1-2H3,(H,12,13)(H,14,16,17). The third-order valence-electron chi connectivity index (χ3n) is 2.73. The molecule has 0 saturated carbocycles. The maximum Gasteiger partial charge on any atom is 0.329 e. The number of H-pyrrole nitrogens is 2. The van der Waals surface area contributed by atoms with Crippen LogP contribution < -0.4 is 11.2 Å². The van der Waals surface area contributed by atoms with Crippen LogP contribution in [0.1, 0.15) is 4.88 Å². The molecule has 92 valence electrons. The van der Waals surface area contributed by atoms with Crippen LogP contribution in [0.2, 0.25) is 0 Å². The lowest BCUT2D eigenvalue weighted by Gasteiger charge is -1.94. The van der Waals surface area contributed by atoms with Crippen molar-refractivity contribution in [3.63, 3.8) is 0 Å². The van der Waals surface area contributed by atoms with Crippen molar-refractivity contribution in [3.05, 3.63) is 37.8 Å². The van der Waals surface area contributed by atoms with E-state index in [0.717, 1.165) is 9.75 Å². The van der Waals surface area contributed by atoms with Crippen molar-refractivity contribution in [2.24, 2.45) is 7.05 Å². The Morgan fingerprint density at radius 2 is 2.06 bits per heavy atom. The zero-order chi connectivity index (χ0) is 12.9. The van der Waals surface area contributed by atoms with E-state index in [-0.39, 0.29) is 0 Å². The summed E-state index contributed by atoms with van der Waals surface area (Å²) in [5, 5.41) is 0. The van der Waals surface area contributed by atoms with Gasteiger partial charge in [-0.25, -0.2) is 9.78 Å². The fourth-order valence-corrected chi connectivity index (χ4v) is 2.60. The van der Waals surface area contributed by atoms with E-state index in [1.54, 1.807) is 18.4 Å². The molecule has 0 atom stereocenters. The molecule has 3 aromatic rings. The van der Waals surface area contributed by atoms with Gasteiger partial charge in [0, 0.05) is 11.9 Å². The van der Waals surface area contributed by atoms with Gasteiger partial charge in [0.1, 0.15) is 5.52 Å². The predicted octanol–water partition coefficient (Wildman–Crippen LogP) is 0.987. The van der Waals surface area contributed by atoms with Gasteiger partial charge in [0.05, 0.1) is 4.88 Å². The molecule has 0 aromatic carbocycles. The molecule has 0 bridgehead atoms. The number of nitrogens with zero attached hydrogens (tertiary/aromatic N) is 2. The predicted molar refractivity (Wildman–Crippen MR) is 70.0 cm³/mol. The van der Waals surface area contributed by atoms with Crippen molar-refractivity contribution >= 4 is 22.5 Å². The summed E-state index contributed by atoms with van der Waals surface area (Å²) in [6.45, 7) is 2.00. The minimum atomic E-state index is -0.465. The molecule has 0 amide bonds. The third kappa shape index (κ3) is 1.52. The highest BCUT2D eigenvalue weighted by molar-refractivity contribution is 7.15. The number of imidazole rings is 1. The quantitative estimate of drug-likeness (QED) is 0.686. The number of fused-ring (bicyclic) bond motifs is 1. The molecule has 18 heavy (non-hydrogen) atoms. The molecule has 3 rings (SSSR count). The number of aromatic nitrogens is 4. The summed E-state index contributed by atoms with van der Waals surface area (Å²) in [6.07, 6.45) is 0. The second kappa shape index (κ2) is 3.67. The van der Waals surface area contributed by atoms with Crippen molar-refractivity contribution < 1.29 is 0 Å². The van der Waals surface area contributed by atoms with Gasteiger partial charge in [-0.2, -0.15) is 0 Å². The van der Waals surface area contributed by atoms with Crippen molar-refractivity contribution in [2.45, 2.75) is 6.92 Å². The summed E-state index contributed by atoms with van der Waals surface area (Å²) in [5.41, 5.74) is -0.226. The second-order valence-electron chi connectivity index (χ2n) is 4.01. The van der Waals surface area contributed by atoms with E-state index in [9.17, 15) is 9.59 Å². The molecule has 0 fully saturated rings. The van der Waals surface area contributed by atoms with Gasteiger partial charge in [-0.15, -0.1) is 11.3 Å². The molecule has 6 nitrogen and oxygen atoms in total. The van der Waals surface area contributed by atoms with Crippen LogP contribution in [0.15, 0.2) is 21.7 Å². The molecule has 0 aliphatic rings. The third-order valence-corrected chi connectivity index (χ3v) is 3.74. The lowest BCUT2D eigenvalue weighted by atomic mass is 10.4. The molecule has 0 saturated heterocycles. The zero-order valence-electron chi connectivity index (χ0n) is 9.77. The lowest BCUT2D eigenvalue weighted by molar-refractivity contribution is 0.832. The van der Waals surface area contributed by atoms with E-state index in [0.29, 0.717) is 17.0 Å². The maximum atomic E-state index is 11.7. The summed E-state index contributed by atoms with van der Waals surface area (Å²) in [5.74, 6) is 0.606. The molecule has 3 heterocycles. The van der Waals surface area contributed by atoms with Crippen LogP contribution >= 0.6 is 11.3 Å². The first-order valence-corrected chi connectivity index (χ1v) is 6.14. The van der Waals surface area contributed by atoms with Gasteiger partial charge in [0.2, 0.25) is 0 Å². The number of rotatable bonds is 1. The van der Waals surface area contributed by atoms with Crippen LogP contribution in [0.3, 0.4) is 0 Å². The van der Waals surface area contributed by atoms with E-state index in [1.807, 2.05) is 19.1 Å². The van der Waals surface area contributed by atoms with Crippen LogP contribution in [-0.2, 0) is 7.05 Å². The molecule has 0 aliphatic carbocycles. The fourth-order valence-electron chi connectivity index (χ4n) is 1.78. The van der Waals surface area contributed by atoms with E-state index in [1.165, 1.54) is 4.57 Å². The van der Waals surface area contributed by atoms with E-state index < -0.39 is 11.2 Å². The number of hydrogen-bond donors (Lipinski definition) is 2. The summed E-state index contributed by atoms with van der Waals surface area (Å²) >= 11 is 1.58. The zero-order valence-corrected chi connectivity index (χ0v) is 10.6. The first kappa shape index (κ1) is 11.0. The topological polar surface area (TPSA) is 83.5 Å². The number of aromatic amines is 2. The van der Waals surface area contributed by atoms with Crippen LogP contribution in [0, 0.1) is 6.92 Å². The molecule has 0 radical (unpaired) electrons. The number of aryl methyl sites for hydroxylation is 2. The second-order valence-corrected chi connectivity index (χ2v) is 5.30. The van der Waals surface area contributed by atoms with Crippen molar-refractivity contribution in [2.75, 3.05) is 0 Å². The fraction of sp³-hybridized carbons (Fsp3) is 0.182. The van der Waals surface area contributed by atoms with Gasteiger partial charge >= 0.3 is 5.69 Å². The van der Waals surface area contributed by atoms with Gasteiger partial charge in [-0.05, 0) is 19.1 Å². The average Bonchev–Trinajstić information content (AvgIpc) is 2.92. The lowest BCUT2D eigenvalue weighted by Crippen LogP contribution is -2.28. The minimum Gasteiger partial charge on any atom is -0.331 e. The first-order valence-electron chi connectivity index (χ1n) is 5.32. The highest BCUT2D eigenvalue weighted by atomic mass is 32.1. The Balaban J connectivity index is 2.35. The van der Waals surface area contributed by atoms with E-state index in [4.69, 9.17) is 0 Å². The average molecular weight is 262 g/mol. The molecule has 0 spiro atoms. The molecule has 0 aliphatic heterocycles. The van der Waals surface area contributed by atoms with Crippen molar-refractivity contribution in [3.8, 4) is 10.7 Å². The van der Waals surface area contributed by atoms with Crippen LogP contribution in [0.25, 0.3) is 21.9 Å². The van der Waals surface area contributed by atoms with Gasteiger partial charge in [0.15, 0.2) is 11.5 Å². The monoisotopic (exact) mass is 262 g/mol. The van der Waals surface area contributed by atoms with Crippen LogP contribution in [-0.4, -0.2) is 19.5 Å². The number of nitrogens with one attached hydrogen (secondary N) is 2. The molecule has 0 unspecified atom stereocenters. The van der Waals surface area contributed by atoms with Gasteiger partial charge in [0.25, 0.3) is 5.56 Å². The Kier molecular flexibility index (Phi) is 2.24. The highest BCUT2D eigenvalue weighted by Crippen LogP contribution is 2.25. The Morgan fingerprint density at radius 1 is 1.28 bits per heavy atom. The first-order chi connectivity index (χ1) is 8.56. The summed E-state index contributed by atoms with van der Waals surface area (Å²) in [6, 6.07) is 3.92. The smallest absolute Gasteiger partial charge is 0.329 e. The SMILES string of the molecule is Cc1ccc(-c2nc3c([nH]2)c(=O)[nH]c(=O)n3C)s1. The highest BCUT2D eigenvalue weighted by Gasteiger charge is 2.12. The van der Waals surface area contributed by atoms with Crippen LogP contribution in [0.5, 0.6) is 0 Å². The summed E-state index contributed by atoms with van der Waals surface area (Å²) < 4.78 is 1.32. The van der Waals surface area contributed by atoms with Crippen molar-refractivity contribution in [1.82, 2.24) is 19.5 Å². The largest absolute Gasteiger partial charge is 0.331 e. The molecule has 7 heteroatoms. The number of hydrogen-bond acceptors (Lipinski definition) is 4. The van der Waals surface area contributed by atoms with Gasteiger partial charge < -0.3 is 4.98 Å². The van der Waals surface area contributed by atoms with Gasteiger partial charge in [-0.1, -0.05) is 0 Å².